The fourth-order valence-electron chi connectivity index (χ4n) is 2.74. The third kappa shape index (κ3) is 2.57. The van der Waals surface area contributed by atoms with Crippen LogP contribution in [-0.2, 0) is 0 Å². The smallest absolute Gasteiger partial charge is 0.347 e. The Morgan fingerprint density at radius 2 is 2.23 bits per heavy atom. The minimum atomic E-state index is -0.495. The van der Waals surface area contributed by atoms with Gasteiger partial charge < -0.3 is 20.3 Å². The van der Waals surface area contributed by atoms with Crippen LogP contribution >= 0.6 is 27.5 Å². The van der Waals surface area contributed by atoms with Gasteiger partial charge in [0.2, 0.25) is 0 Å². The van der Waals surface area contributed by atoms with Gasteiger partial charge in [-0.3, -0.25) is 0 Å². The van der Waals surface area contributed by atoms with E-state index in [9.17, 15) is 9.90 Å². The first-order chi connectivity index (χ1) is 10.4. The summed E-state index contributed by atoms with van der Waals surface area (Å²) in [7, 11) is 0. The zero-order valence-electron chi connectivity index (χ0n) is 12.2. The molecule has 1 aliphatic rings. The molecule has 0 spiro atoms. The molecule has 2 atom stereocenters. The third-order valence-electron chi connectivity index (χ3n) is 3.91. The molecule has 0 aliphatic carbocycles. The largest absolute Gasteiger partial charge is 0.505 e. The average molecular weight is 388 g/mol. The number of rotatable bonds is 1. The quantitative estimate of drug-likeness (QED) is 0.699. The molecular formula is C14H16BrClN4O2. The maximum Gasteiger partial charge on any atom is 0.347 e. The Hall–Kier alpha value is -1.31. The van der Waals surface area contributed by atoms with E-state index >= 15 is 0 Å². The van der Waals surface area contributed by atoms with Crippen molar-refractivity contribution in [3.8, 4) is 5.75 Å². The monoisotopic (exact) mass is 386 g/mol. The van der Waals surface area contributed by atoms with E-state index in [2.05, 4.69) is 50.0 Å². The van der Waals surface area contributed by atoms with Crippen molar-refractivity contribution in [1.82, 2.24) is 15.3 Å². The van der Waals surface area contributed by atoms with Gasteiger partial charge in [-0.15, -0.1) is 0 Å². The van der Waals surface area contributed by atoms with Crippen molar-refractivity contribution in [2.45, 2.75) is 25.9 Å². The Balaban J connectivity index is 2.27. The highest BCUT2D eigenvalue weighted by atomic mass is 79.9. The van der Waals surface area contributed by atoms with Crippen LogP contribution < -0.4 is 15.9 Å². The van der Waals surface area contributed by atoms with E-state index in [1.54, 1.807) is 6.07 Å². The first kappa shape index (κ1) is 15.6. The fraction of sp³-hybridized carbons (Fsp3) is 0.429. The standard InChI is InChI=1S/C14H16BrClN4O2/c1-6-5-20(7(2)4-17-6)13-8-3-9(16)10(15)12(21)11(8)18-14(22)19-13/h3,6-7,17,21H,4-5H2,1-2H3,(H,18,19,22)/t6-,7+/m1/s1. The number of anilines is 1. The van der Waals surface area contributed by atoms with E-state index in [1.165, 1.54) is 0 Å². The van der Waals surface area contributed by atoms with Crippen LogP contribution in [0.3, 0.4) is 0 Å². The van der Waals surface area contributed by atoms with Crippen LogP contribution in [0.25, 0.3) is 10.9 Å². The number of aromatic hydroxyl groups is 1. The average Bonchev–Trinajstić information content (AvgIpc) is 2.48. The van der Waals surface area contributed by atoms with Crippen LogP contribution in [0.15, 0.2) is 15.3 Å². The van der Waals surface area contributed by atoms with Crippen molar-refractivity contribution >= 4 is 44.3 Å². The summed E-state index contributed by atoms with van der Waals surface area (Å²) in [6.45, 7) is 5.66. The summed E-state index contributed by atoms with van der Waals surface area (Å²) in [6, 6.07) is 2.17. The minimum Gasteiger partial charge on any atom is -0.505 e. The van der Waals surface area contributed by atoms with Crippen LogP contribution in [0.4, 0.5) is 5.82 Å². The van der Waals surface area contributed by atoms with Gasteiger partial charge in [0.25, 0.3) is 0 Å². The molecule has 118 valence electrons. The number of hydrogen-bond acceptors (Lipinski definition) is 5. The molecule has 1 aromatic carbocycles. The highest BCUT2D eigenvalue weighted by Crippen LogP contribution is 2.39. The molecule has 3 rings (SSSR count). The van der Waals surface area contributed by atoms with E-state index in [0.717, 1.165) is 13.1 Å². The van der Waals surface area contributed by atoms with E-state index in [4.69, 9.17) is 11.6 Å². The van der Waals surface area contributed by atoms with Crippen LogP contribution in [-0.4, -0.2) is 40.2 Å². The molecule has 6 nitrogen and oxygen atoms in total. The second-order valence-electron chi connectivity index (χ2n) is 5.62. The molecule has 1 aromatic heterocycles. The molecule has 22 heavy (non-hydrogen) atoms. The number of aromatic amines is 1. The third-order valence-corrected chi connectivity index (χ3v) is 5.24. The van der Waals surface area contributed by atoms with Crippen LogP contribution in [0, 0.1) is 0 Å². The molecular weight excluding hydrogens is 372 g/mol. The molecule has 8 heteroatoms. The molecule has 1 aliphatic heterocycles. The molecule has 0 saturated carbocycles. The minimum absolute atomic E-state index is 0.0842. The van der Waals surface area contributed by atoms with Gasteiger partial charge >= 0.3 is 5.69 Å². The number of H-pyrrole nitrogens is 1. The molecule has 0 amide bonds. The maximum atomic E-state index is 11.9. The summed E-state index contributed by atoms with van der Waals surface area (Å²) in [5.74, 6) is 0.461. The number of benzene rings is 1. The lowest BCUT2D eigenvalue weighted by Crippen LogP contribution is -2.55. The van der Waals surface area contributed by atoms with E-state index < -0.39 is 5.69 Å². The second kappa shape index (κ2) is 5.72. The van der Waals surface area contributed by atoms with Crippen LogP contribution in [0.5, 0.6) is 5.75 Å². The lowest BCUT2D eigenvalue weighted by atomic mass is 10.1. The Bertz CT molecular complexity index is 794. The summed E-state index contributed by atoms with van der Waals surface area (Å²) >= 11 is 9.37. The van der Waals surface area contributed by atoms with Gasteiger partial charge in [-0.25, -0.2) is 4.79 Å². The van der Waals surface area contributed by atoms with Gasteiger partial charge in [0.05, 0.1) is 15.0 Å². The van der Waals surface area contributed by atoms with Gasteiger partial charge in [-0.1, -0.05) is 11.6 Å². The second-order valence-corrected chi connectivity index (χ2v) is 6.82. The summed E-state index contributed by atoms with van der Waals surface area (Å²) in [5.41, 5.74) is -0.157. The maximum absolute atomic E-state index is 11.9. The van der Waals surface area contributed by atoms with Crippen molar-refractivity contribution < 1.29 is 5.11 Å². The Kier molecular flexibility index (Phi) is 4.05. The SMILES string of the molecule is C[C@@H]1CN(c2nc(=O)[nH]c3c(O)c(Br)c(Cl)cc23)[C@@H](C)CN1. The van der Waals surface area contributed by atoms with E-state index in [1.807, 2.05) is 0 Å². The molecule has 0 bridgehead atoms. The predicted molar refractivity (Wildman–Crippen MR) is 91.0 cm³/mol. The Morgan fingerprint density at radius 1 is 1.50 bits per heavy atom. The van der Waals surface area contributed by atoms with Gasteiger partial charge in [0.1, 0.15) is 5.82 Å². The van der Waals surface area contributed by atoms with Crippen LogP contribution in [0.1, 0.15) is 13.8 Å². The number of aromatic nitrogens is 2. The number of halogens is 2. The molecule has 2 heterocycles. The molecule has 0 unspecified atom stereocenters. The van der Waals surface area contributed by atoms with Crippen molar-refractivity contribution in [3.63, 3.8) is 0 Å². The molecule has 0 radical (unpaired) electrons. The van der Waals surface area contributed by atoms with Crippen molar-refractivity contribution in [1.29, 1.82) is 0 Å². The molecule has 1 fully saturated rings. The van der Waals surface area contributed by atoms with Crippen LogP contribution in [0.2, 0.25) is 5.02 Å². The zero-order chi connectivity index (χ0) is 16.0. The van der Waals surface area contributed by atoms with Crippen molar-refractivity contribution in [2.75, 3.05) is 18.0 Å². The van der Waals surface area contributed by atoms with Gasteiger partial charge in [-0.2, -0.15) is 4.98 Å². The van der Waals surface area contributed by atoms with Crippen molar-refractivity contribution in [3.05, 3.63) is 26.0 Å². The Morgan fingerprint density at radius 3 is 2.95 bits per heavy atom. The summed E-state index contributed by atoms with van der Waals surface area (Å²) < 4.78 is 0.358. The van der Waals surface area contributed by atoms with Gasteiger partial charge in [-0.05, 0) is 35.8 Å². The molecule has 3 N–H and O–H groups in total. The zero-order valence-corrected chi connectivity index (χ0v) is 14.5. The molecule has 2 aromatic rings. The Labute approximate surface area is 140 Å². The van der Waals surface area contributed by atoms with Gasteiger partial charge in [0, 0.05) is 30.6 Å². The fourth-order valence-corrected chi connectivity index (χ4v) is 3.25. The van der Waals surface area contributed by atoms with E-state index in [-0.39, 0.29) is 17.8 Å². The summed E-state index contributed by atoms with van der Waals surface area (Å²) in [6.07, 6.45) is 0. The van der Waals surface area contributed by atoms with Gasteiger partial charge in [0.15, 0.2) is 5.75 Å². The lowest BCUT2D eigenvalue weighted by molar-refractivity contribution is 0.423. The highest BCUT2D eigenvalue weighted by Gasteiger charge is 2.26. The predicted octanol–water partition coefficient (Wildman–Crippen LogP) is 2.23. The number of fused-ring (bicyclic) bond motifs is 1. The number of phenols is 1. The topological polar surface area (TPSA) is 81.2 Å². The van der Waals surface area contributed by atoms with Crippen molar-refractivity contribution in [2.24, 2.45) is 0 Å². The lowest BCUT2D eigenvalue weighted by Gasteiger charge is -2.38. The molecule has 1 saturated heterocycles. The number of nitrogens with one attached hydrogen (secondary N) is 2. The number of hydrogen-bond donors (Lipinski definition) is 3. The van der Waals surface area contributed by atoms with E-state index in [0.29, 0.717) is 26.2 Å². The number of nitrogens with zero attached hydrogens (tertiary/aromatic N) is 2. The number of phenolic OH excluding ortho intramolecular Hbond substituents is 1. The highest BCUT2D eigenvalue weighted by molar-refractivity contribution is 9.10. The number of piperazine rings is 1. The first-order valence-corrected chi connectivity index (χ1v) is 8.16. The summed E-state index contributed by atoms with van der Waals surface area (Å²) in [5, 5.41) is 14.6. The first-order valence-electron chi connectivity index (χ1n) is 6.99. The summed E-state index contributed by atoms with van der Waals surface area (Å²) in [4.78, 5) is 20.7. The normalized spacial score (nSPS) is 22.3.